The van der Waals surface area contributed by atoms with Crippen LogP contribution in [0.25, 0.3) is 10.9 Å². The Hall–Kier alpha value is -4.29. The lowest BCUT2D eigenvalue weighted by Gasteiger charge is -2.24. The molecular weight excluding hydrogens is 446 g/mol. The van der Waals surface area contributed by atoms with Gasteiger partial charge in [0.2, 0.25) is 12.4 Å². The Balaban J connectivity index is 1.72. The fraction of sp³-hybridized carbons (Fsp3) is 0.227. The molecule has 2 atom stereocenters. The highest BCUT2D eigenvalue weighted by molar-refractivity contribution is 5.80. The number of nitrogens with zero attached hydrogens (tertiary/aromatic N) is 2. The second kappa shape index (κ2) is 10.6. The van der Waals surface area contributed by atoms with Gasteiger partial charge in [-0.15, -0.1) is 0 Å². The normalized spacial score (nSPS) is 12.7. The number of amides is 1. The fourth-order valence-corrected chi connectivity index (χ4v) is 3.35. The van der Waals surface area contributed by atoms with Crippen molar-refractivity contribution in [1.29, 1.82) is 0 Å². The SMILES string of the molecule is Nc1nc2ccc(CN(C=O)c3ccc(C(O)N[C@@H](CCC(=O)[O-])C(=O)[O-])cc3)cc2c(=O)[nH]1. The molecule has 1 amide bonds. The Kier molecular flexibility index (Phi) is 7.56. The van der Waals surface area contributed by atoms with Crippen LogP contribution in [0.4, 0.5) is 11.6 Å². The summed E-state index contributed by atoms with van der Waals surface area (Å²) < 4.78 is 0. The topological polar surface area (TPSA) is 205 Å². The molecule has 12 nitrogen and oxygen atoms in total. The number of carbonyl (C=O) groups excluding carboxylic acids is 3. The quantitative estimate of drug-likeness (QED) is 0.178. The number of carboxylic acids is 2. The van der Waals surface area contributed by atoms with Crippen LogP contribution < -0.4 is 31.7 Å². The summed E-state index contributed by atoms with van der Waals surface area (Å²) in [5.41, 5.74) is 6.98. The number of nitrogen functional groups attached to an aromatic ring is 1. The summed E-state index contributed by atoms with van der Waals surface area (Å²) in [5, 5.41) is 34.7. The van der Waals surface area contributed by atoms with Crippen LogP contribution in [0.1, 0.15) is 30.2 Å². The number of hydrogen-bond acceptors (Lipinski definition) is 10. The third-order valence-corrected chi connectivity index (χ3v) is 5.09. The molecule has 0 fully saturated rings. The van der Waals surface area contributed by atoms with E-state index in [1.807, 2.05) is 0 Å². The van der Waals surface area contributed by atoms with Gasteiger partial charge in [0.1, 0.15) is 6.23 Å². The van der Waals surface area contributed by atoms with Gasteiger partial charge in [0.05, 0.1) is 23.4 Å². The summed E-state index contributed by atoms with van der Waals surface area (Å²) >= 11 is 0. The molecule has 1 unspecified atom stereocenters. The fourth-order valence-electron chi connectivity index (χ4n) is 3.35. The molecule has 0 saturated heterocycles. The van der Waals surface area contributed by atoms with E-state index < -0.39 is 36.2 Å². The van der Waals surface area contributed by atoms with Crippen molar-refractivity contribution < 1.29 is 29.7 Å². The molecule has 0 spiro atoms. The number of H-pyrrole nitrogens is 1. The Bertz CT molecular complexity index is 1260. The number of nitrogens with one attached hydrogen (secondary N) is 2. The number of carboxylic acid groups (broad SMARTS) is 2. The lowest BCUT2D eigenvalue weighted by molar-refractivity contribution is -0.310. The van der Waals surface area contributed by atoms with Crippen molar-refractivity contribution in [3.8, 4) is 0 Å². The number of rotatable bonds is 11. The number of anilines is 2. The minimum atomic E-state index is -1.56. The Labute approximate surface area is 192 Å². The number of aromatic amines is 1. The van der Waals surface area contributed by atoms with Gasteiger partial charge in [-0.2, -0.15) is 0 Å². The van der Waals surface area contributed by atoms with Crippen LogP contribution in [0.5, 0.6) is 0 Å². The third kappa shape index (κ3) is 5.94. The summed E-state index contributed by atoms with van der Waals surface area (Å²) in [6.45, 7) is 0.138. The summed E-state index contributed by atoms with van der Waals surface area (Å²) in [6, 6.07) is 9.57. The van der Waals surface area contributed by atoms with Crippen molar-refractivity contribution >= 4 is 40.9 Å². The van der Waals surface area contributed by atoms with Gasteiger partial charge in [-0.3, -0.25) is 19.9 Å². The van der Waals surface area contributed by atoms with Gasteiger partial charge in [0.15, 0.2) is 0 Å². The first kappa shape index (κ1) is 24.4. The Morgan fingerprint density at radius 1 is 1.21 bits per heavy atom. The molecule has 5 N–H and O–H groups in total. The van der Waals surface area contributed by atoms with Crippen LogP contribution in [0.2, 0.25) is 0 Å². The summed E-state index contributed by atoms with van der Waals surface area (Å²) in [7, 11) is 0. The van der Waals surface area contributed by atoms with Gasteiger partial charge in [0, 0.05) is 17.7 Å². The number of aromatic nitrogens is 2. The number of aliphatic hydroxyl groups is 1. The number of fused-ring (bicyclic) bond motifs is 1. The molecule has 0 radical (unpaired) electrons. The monoisotopic (exact) mass is 467 g/mol. The van der Waals surface area contributed by atoms with Gasteiger partial charge in [0.25, 0.3) is 5.56 Å². The van der Waals surface area contributed by atoms with Crippen LogP contribution >= 0.6 is 0 Å². The molecule has 0 aliphatic carbocycles. The number of benzene rings is 2. The van der Waals surface area contributed by atoms with E-state index in [0.717, 1.165) is 0 Å². The van der Waals surface area contributed by atoms with Crippen LogP contribution in [-0.2, 0) is 20.9 Å². The molecule has 2 aromatic carbocycles. The minimum absolute atomic E-state index is 0.00127. The number of aliphatic carboxylic acids is 2. The number of aliphatic hydroxyl groups excluding tert-OH is 1. The maximum absolute atomic E-state index is 12.1. The molecule has 34 heavy (non-hydrogen) atoms. The molecule has 0 saturated carbocycles. The first-order chi connectivity index (χ1) is 16.2. The summed E-state index contributed by atoms with van der Waals surface area (Å²) in [4.78, 5) is 53.4. The predicted molar refractivity (Wildman–Crippen MR) is 117 cm³/mol. The second-order valence-electron chi connectivity index (χ2n) is 7.48. The predicted octanol–water partition coefficient (Wildman–Crippen LogP) is -2.10. The molecule has 0 bridgehead atoms. The first-order valence-electron chi connectivity index (χ1n) is 10.1. The molecule has 1 heterocycles. The maximum atomic E-state index is 12.1. The highest BCUT2D eigenvalue weighted by Crippen LogP contribution is 2.21. The number of carbonyl (C=O) groups is 3. The minimum Gasteiger partial charge on any atom is -0.550 e. The molecule has 12 heteroatoms. The zero-order valence-corrected chi connectivity index (χ0v) is 17.8. The second-order valence-corrected chi connectivity index (χ2v) is 7.48. The summed E-state index contributed by atoms with van der Waals surface area (Å²) in [6.07, 6.45) is -1.66. The lowest BCUT2D eigenvalue weighted by atomic mass is 10.1. The van der Waals surface area contributed by atoms with Crippen molar-refractivity contribution in [3.05, 3.63) is 63.9 Å². The van der Waals surface area contributed by atoms with E-state index in [-0.39, 0.29) is 24.5 Å². The third-order valence-electron chi connectivity index (χ3n) is 5.09. The van der Waals surface area contributed by atoms with Gasteiger partial charge in [-0.25, -0.2) is 4.98 Å². The molecule has 3 rings (SSSR count). The largest absolute Gasteiger partial charge is 0.550 e. The average Bonchev–Trinajstić information content (AvgIpc) is 2.80. The Morgan fingerprint density at radius 3 is 2.53 bits per heavy atom. The van der Waals surface area contributed by atoms with Gasteiger partial charge < -0.3 is 35.5 Å². The standard InChI is InChI=1S/C22H23N5O7/c23-22-25-16-6-1-12(9-15(16)20(32)26-22)10-27(11-28)14-4-2-13(3-5-14)19(31)24-17(21(33)34)7-8-18(29)30/h1-6,9,11,17,19,24,31H,7-8,10H2,(H,29,30)(H,33,34)(H3,23,25,26,32)/p-2/t17-,19?/m0/s1. The maximum Gasteiger partial charge on any atom is 0.260 e. The van der Waals surface area contributed by atoms with Crippen LogP contribution in [0.15, 0.2) is 47.3 Å². The zero-order valence-electron chi connectivity index (χ0n) is 17.8. The van der Waals surface area contributed by atoms with Crippen molar-refractivity contribution in [2.24, 2.45) is 0 Å². The number of hydrogen-bond donors (Lipinski definition) is 4. The smallest absolute Gasteiger partial charge is 0.260 e. The average molecular weight is 467 g/mol. The van der Waals surface area contributed by atoms with Crippen molar-refractivity contribution in [3.63, 3.8) is 0 Å². The van der Waals surface area contributed by atoms with E-state index in [1.54, 1.807) is 30.3 Å². The lowest BCUT2D eigenvalue weighted by Crippen LogP contribution is -2.47. The summed E-state index contributed by atoms with van der Waals surface area (Å²) in [5.74, 6) is -2.98. The van der Waals surface area contributed by atoms with E-state index in [4.69, 9.17) is 5.73 Å². The van der Waals surface area contributed by atoms with Crippen molar-refractivity contribution in [2.45, 2.75) is 31.7 Å². The van der Waals surface area contributed by atoms with E-state index >= 15 is 0 Å². The van der Waals surface area contributed by atoms with E-state index in [1.165, 1.54) is 17.0 Å². The highest BCUT2D eigenvalue weighted by atomic mass is 16.4. The zero-order chi connectivity index (χ0) is 24.8. The van der Waals surface area contributed by atoms with Crippen LogP contribution in [0.3, 0.4) is 0 Å². The van der Waals surface area contributed by atoms with Gasteiger partial charge in [-0.1, -0.05) is 18.2 Å². The molecule has 1 aromatic heterocycles. The van der Waals surface area contributed by atoms with E-state index in [0.29, 0.717) is 28.6 Å². The van der Waals surface area contributed by atoms with Crippen molar-refractivity contribution in [2.75, 3.05) is 10.6 Å². The molecule has 0 aliphatic rings. The Morgan fingerprint density at radius 2 is 1.91 bits per heavy atom. The molecule has 3 aromatic rings. The molecule has 178 valence electrons. The van der Waals surface area contributed by atoms with Gasteiger partial charge in [-0.05, 0) is 48.2 Å². The van der Waals surface area contributed by atoms with Crippen LogP contribution in [-0.4, -0.2) is 39.5 Å². The number of nitrogens with two attached hydrogens (primary N) is 1. The molecule has 0 aliphatic heterocycles. The molecular formula is C22H21N5O7-2. The van der Waals surface area contributed by atoms with Gasteiger partial charge >= 0.3 is 0 Å². The van der Waals surface area contributed by atoms with E-state index in [2.05, 4.69) is 15.3 Å². The van der Waals surface area contributed by atoms with Crippen LogP contribution in [0, 0.1) is 0 Å². The highest BCUT2D eigenvalue weighted by Gasteiger charge is 2.17. The van der Waals surface area contributed by atoms with Crippen molar-refractivity contribution in [1.82, 2.24) is 15.3 Å². The van der Waals surface area contributed by atoms with E-state index in [9.17, 15) is 34.5 Å². The first-order valence-corrected chi connectivity index (χ1v) is 10.1.